The van der Waals surface area contributed by atoms with Crippen molar-refractivity contribution < 1.29 is 19.1 Å². The summed E-state index contributed by atoms with van der Waals surface area (Å²) in [6, 6.07) is 7.77. The predicted octanol–water partition coefficient (Wildman–Crippen LogP) is 1.81. The molecular formula is C18H19N3O5S. The highest BCUT2D eigenvalue weighted by Gasteiger charge is 2.11. The molecule has 0 radical (unpaired) electrons. The van der Waals surface area contributed by atoms with Gasteiger partial charge in [-0.15, -0.1) is 0 Å². The van der Waals surface area contributed by atoms with Gasteiger partial charge in [-0.05, 0) is 24.3 Å². The van der Waals surface area contributed by atoms with E-state index in [1.54, 1.807) is 31.2 Å². The van der Waals surface area contributed by atoms with Crippen LogP contribution in [0.2, 0.25) is 0 Å². The molecule has 1 aromatic heterocycles. The van der Waals surface area contributed by atoms with Crippen molar-refractivity contribution in [3.63, 3.8) is 0 Å². The summed E-state index contributed by atoms with van der Waals surface area (Å²) >= 11 is 1.07. The van der Waals surface area contributed by atoms with Gasteiger partial charge in [-0.1, -0.05) is 18.7 Å². The molecule has 1 aromatic carbocycles. The standard InChI is InChI=1S/C18H19N3O5S/c1-3-15(23)19-12-6-4-11(5-7-12)14(22)10-27-18-20-13(8-16(24)21-18)9-17(25)26-2/h4-8H,3,9-10H2,1-2H3,(H,19,23)(H,20,21,24). The molecule has 2 rings (SSSR count). The van der Waals surface area contributed by atoms with Crippen LogP contribution in [0.4, 0.5) is 5.69 Å². The molecular weight excluding hydrogens is 370 g/mol. The number of hydrogen-bond donors (Lipinski definition) is 2. The number of H-pyrrole nitrogens is 1. The topological polar surface area (TPSA) is 118 Å². The van der Waals surface area contributed by atoms with Crippen molar-refractivity contribution in [1.82, 2.24) is 9.97 Å². The SMILES string of the molecule is CCC(=O)Nc1ccc(C(=O)CSc2nc(CC(=O)OC)cc(=O)[nH]2)cc1. The van der Waals surface area contributed by atoms with Crippen LogP contribution in [0.1, 0.15) is 29.4 Å². The van der Waals surface area contributed by atoms with Crippen LogP contribution >= 0.6 is 11.8 Å². The Morgan fingerprint density at radius 1 is 1.22 bits per heavy atom. The van der Waals surface area contributed by atoms with E-state index >= 15 is 0 Å². The molecule has 1 amide bonds. The number of esters is 1. The fourth-order valence-corrected chi connectivity index (χ4v) is 2.86. The van der Waals surface area contributed by atoms with Crippen LogP contribution in [-0.4, -0.2) is 40.5 Å². The van der Waals surface area contributed by atoms with Crippen LogP contribution in [0.15, 0.2) is 40.3 Å². The largest absolute Gasteiger partial charge is 0.469 e. The molecule has 0 aliphatic heterocycles. The minimum atomic E-state index is -0.504. The lowest BCUT2D eigenvalue weighted by Crippen LogP contribution is -2.14. The number of nitrogens with one attached hydrogen (secondary N) is 2. The number of rotatable bonds is 8. The highest BCUT2D eigenvalue weighted by Crippen LogP contribution is 2.16. The zero-order chi connectivity index (χ0) is 19.8. The van der Waals surface area contributed by atoms with E-state index in [0.717, 1.165) is 11.8 Å². The molecule has 142 valence electrons. The number of anilines is 1. The first-order valence-corrected chi connectivity index (χ1v) is 9.12. The molecule has 0 aliphatic rings. The van der Waals surface area contributed by atoms with Crippen LogP contribution < -0.4 is 10.9 Å². The Morgan fingerprint density at radius 3 is 2.56 bits per heavy atom. The number of nitrogens with zero attached hydrogens (tertiary/aromatic N) is 1. The first-order chi connectivity index (χ1) is 12.9. The molecule has 0 aliphatic carbocycles. The van der Waals surface area contributed by atoms with Crippen LogP contribution in [0, 0.1) is 0 Å². The third-order valence-electron chi connectivity index (χ3n) is 3.48. The molecule has 0 atom stereocenters. The summed E-state index contributed by atoms with van der Waals surface area (Å²) in [6.45, 7) is 1.75. The van der Waals surface area contributed by atoms with Gasteiger partial charge in [0.15, 0.2) is 10.9 Å². The Labute approximate surface area is 159 Å². The van der Waals surface area contributed by atoms with Crippen molar-refractivity contribution in [3.8, 4) is 0 Å². The van der Waals surface area contributed by atoms with Gasteiger partial charge in [-0.2, -0.15) is 0 Å². The number of ether oxygens (including phenoxy) is 1. The first kappa shape index (κ1) is 20.4. The number of Topliss-reactive ketones (excluding diaryl/α,β-unsaturated/α-hetero) is 1. The third-order valence-corrected chi connectivity index (χ3v) is 4.35. The zero-order valence-electron chi connectivity index (χ0n) is 14.9. The van der Waals surface area contributed by atoms with E-state index in [1.165, 1.54) is 13.2 Å². The van der Waals surface area contributed by atoms with Crippen molar-refractivity contribution in [2.24, 2.45) is 0 Å². The van der Waals surface area contributed by atoms with Gasteiger partial charge in [-0.3, -0.25) is 19.2 Å². The number of carbonyl (C=O) groups is 3. The average molecular weight is 389 g/mol. The van der Waals surface area contributed by atoms with Crippen LogP contribution in [0.25, 0.3) is 0 Å². The Balaban J connectivity index is 1.99. The van der Waals surface area contributed by atoms with Crippen molar-refractivity contribution in [2.75, 3.05) is 18.2 Å². The minimum absolute atomic E-state index is 0.0608. The van der Waals surface area contributed by atoms with Gasteiger partial charge in [0.2, 0.25) is 5.91 Å². The van der Waals surface area contributed by atoms with Crippen molar-refractivity contribution in [1.29, 1.82) is 0 Å². The molecule has 0 saturated carbocycles. The molecule has 9 heteroatoms. The summed E-state index contributed by atoms with van der Waals surface area (Å²) in [5.74, 6) is -0.707. The second-order valence-corrected chi connectivity index (χ2v) is 6.45. The molecule has 0 saturated heterocycles. The fourth-order valence-electron chi connectivity index (χ4n) is 2.07. The quantitative estimate of drug-likeness (QED) is 0.306. The molecule has 0 spiro atoms. The highest BCUT2D eigenvalue weighted by atomic mass is 32.2. The monoisotopic (exact) mass is 389 g/mol. The van der Waals surface area contributed by atoms with E-state index in [9.17, 15) is 19.2 Å². The number of ketones is 1. The maximum absolute atomic E-state index is 12.3. The van der Waals surface area contributed by atoms with Gasteiger partial charge >= 0.3 is 5.97 Å². The Bertz CT molecular complexity index is 893. The van der Waals surface area contributed by atoms with Crippen molar-refractivity contribution in [3.05, 3.63) is 51.9 Å². The van der Waals surface area contributed by atoms with Crippen LogP contribution in [0.3, 0.4) is 0 Å². The van der Waals surface area contributed by atoms with Gasteiger partial charge in [0, 0.05) is 23.7 Å². The summed E-state index contributed by atoms with van der Waals surface area (Å²) in [7, 11) is 1.25. The summed E-state index contributed by atoms with van der Waals surface area (Å²) in [4.78, 5) is 53.3. The lowest BCUT2D eigenvalue weighted by molar-refractivity contribution is -0.139. The number of amides is 1. The normalized spacial score (nSPS) is 10.3. The molecule has 0 bridgehead atoms. The maximum atomic E-state index is 12.3. The third kappa shape index (κ3) is 6.37. The summed E-state index contributed by atoms with van der Waals surface area (Å²) in [5.41, 5.74) is 0.962. The lowest BCUT2D eigenvalue weighted by atomic mass is 10.1. The number of carbonyl (C=O) groups excluding carboxylic acids is 3. The molecule has 1 heterocycles. The van der Waals surface area contributed by atoms with E-state index in [2.05, 4.69) is 20.0 Å². The molecule has 2 N–H and O–H groups in total. The van der Waals surface area contributed by atoms with Gasteiger partial charge < -0.3 is 15.0 Å². The van der Waals surface area contributed by atoms with E-state index < -0.39 is 11.5 Å². The Morgan fingerprint density at radius 2 is 1.93 bits per heavy atom. The highest BCUT2D eigenvalue weighted by molar-refractivity contribution is 7.99. The number of aromatic amines is 1. The molecule has 0 fully saturated rings. The molecule has 8 nitrogen and oxygen atoms in total. The lowest BCUT2D eigenvalue weighted by Gasteiger charge is -2.06. The number of benzene rings is 1. The predicted molar refractivity (Wildman–Crippen MR) is 101 cm³/mol. The van der Waals surface area contributed by atoms with E-state index in [4.69, 9.17) is 0 Å². The molecule has 27 heavy (non-hydrogen) atoms. The number of thioether (sulfide) groups is 1. The average Bonchev–Trinajstić information content (AvgIpc) is 2.66. The number of hydrogen-bond acceptors (Lipinski definition) is 7. The summed E-state index contributed by atoms with van der Waals surface area (Å²) < 4.78 is 4.55. The van der Waals surface area contributed by atoms with E-state index in [1.807, 2.05) is 0 Å². The fraction of sp³-hybridized carbons (Fsp3) is 0.278. The van der Waals surface area contributed by atoms with Crippen LogP contribution in [0.5, 0.6) is 0 Å². The van der Waals surface area contributed by atoms with Crippen molar-refractivity contribution >= 4 is 35.1 Å². The first-order valence-electron chi connectivity index (χ1n) is 8.14. The van der Waals surface area contributed by atoms with Crippen molar-refractivity contribution in [2.45, 2.75) is 24.9 Å². The van der Waals surface area contributed by atoms with Gasteiger partial charge in [0.1, 0.15) is 0 Å². The molecule has 2 aromatic rings. The zero-order valence-corrected chi connectivity index (χ0v) is 15.7. The number of aromatic nitrogens is 2. The van der Waals surface area contributed by atoms with E-state index in [0.29, 0.717) is 17.7 Å². The van der Waals surface area contributed by atoms with Gasteiger partial charge in [-0.25, -0.2) is 4.98 Å². The van der Waals surface area contributed by atoms with Gasteiger partial charge in [0.05, 0.1) is 25.0 Å². The van der Waals surface area contributed by atoms with E-state index in [-0.39, 0.29) is 34.7 Å². The maximum Gasteiger partial charge on any atom is 0.311 e. The second kappa shape index (κ2) is 9.67. The Kier molecular flexibility index (Phi) is 7.30. The second-order valence-electron chi connectivity index (χ2n) is 5.49. The summed E-state index contributed by atoms with van der Waals surface area (Å²) in [6.07, 6.45) is 0.254. The number of methoxy groups -OCH3 is 1. The molecule has 0 unspecified atom stereocenters. The van der Waals surface area contributed by atoms with Gasteiger partial charge in [0.25, 0.3) is 5.56 Å². The minimum Gasteiger partial charge on any atom is -0.469 e. The Hall–Kier alpha value is -2.94. The summed E-state index contributed by atoms with van der Waals surface area (Å²) in [5, 5.41) is 2.96. The van der Waals surface area contributed by atoms with Crippen LogP contribution in [-0.2, 0) is 20.7 Å². The smallest absolute Gasteiger partial charge is 0.311 e.